The van der Waals surface area contributed by atoms with Crippen LogP contribution in [0.2, 0.25) is 0 Å². The molecule has 0 saturated heterocycles. The summed E-state index contributed by atoms with van der Waals surface area (Å²) in [5.74, 6) is 0.201. The number of hydrogen-bond donors (Lipinski definition) is 0. The minimum absolute atomic E-state index is 0.201. The normalized spacial score (nSPS) is 12.3. The highest BCUT2D eigenvalue weighted by molar-refractivity contribution is 9.10. The van der Waals surface area contributed by atoms with Crippen LogP contribution in [0.4, 0.5) is 0 Å². The SMILES string of the molecule is COCOCC(c1ccccc1)c1ccccc1Br. The van der Waals surface area contributed by atoms with Crippen LogP contribution in [0.15, 0.2) is 59.1 Å². The Morgan fingerprint density at radius 3 is 2.37 bits per heavy atom. The number of benzene rings is 2. The quantitative estimate of drug-likeness (QED) is 0.586. The number of halogens is 1. The first kappa shape index (κ1) is 14.3. The van der Waals surface area contributed by atoms with Crippen molar-refractivity contribution in [3.8, 4) is 0 Å². The fourth-order valence-electron chi connectivity index (χ4n) is 2.06. The van der Waals surface area contributed by atoms with Gasteiger partial charge in [0, 0.05) is 17.5 Å². The molecule has 0 fully saturated rings. The summed E-state index contributed by atoms with van der Waals surface area (Å²) in [6.07, 6.45) is 0. The number of rotatable bonds is 6. The summed E-state index contributed by atoms with van der Waals surface area (Å²) in [5.41, 5.74) is 2.47. The first-order valence-corrected chi connectivity index (χ1v) is 6.98. The molecular formula is C16H17BrO2. The zero-order valence-corrected chi connectivity index (χ0v) is 12.5. The molecule has 0 aromatic heterocycles. The maximum atomic E-state index is 5.57. The zero-order chi connectivity index (χ0) is 13.5. The van der Waals surface area contributed by atoms with Crippen LogP contribution < -0.4 is 0 Å². The van der Waals surface area contributed by atoms with Gasteiger partial charge in [-0.05, 0) is 17.2 Å². The highest BCUT2D eigenvalue weighted by atomic mass is 79.9. The van der Waals surface area contributed by atoms with Crippen molar-refractivity contribution in [2.75, 3.05) is 20.5 Å². The van der Waals surface area contributed by atoms with Crippen molar-refractivity contribution in [1.29, 1.82) is 0 Å². The van der Waals surface area contributed by atoms with Crippen molar-refractivity contribution in [2.45, 2.75) is 5.92 Å². The van der Waals surface area contributed by atoms with Crippen molar-refractivity contribution >= 4 is 15.9 Å². The Labute approximate surface area is 122 Å². The minimum atomic E-state index is 0.201. The molecule has 0 bridgehead atoms. The number of hydrogen-bond acceptors (Lipinski definition) is 2. The number of ether oxygens (including phenoxy) is 2. The molecule has 3 heteroatoms. The van der Waals surface area contributed by atoms with Crippen molar-refractivity contribution < 1.29 is 9.47 Å². The van der Waals surface area contributed by atoms with E-state index in [0.29, 0.717) is 13.4 Å². The van der Waals surface area contributed by atoms with Gasteiger partial charge in [-0.1, -0.05) is 64.5 Å². The Balaban J connectivity index is 2.27. The van der Waals surface area contributed by atoms with Crippen molar-refractivity contribution in [3.63, 3.8) is 0 Å². The monoisotopic (exact) mass is 320 g/mol. The molecule has 2 aromatic carbocycles. The highest BCUT2D eigenvalue weighted by Gasteiger charge is 2.16. The molecule has 0 aliphatic heterocycles. The highest BCUT2D eigenvalue weighted by Crippen LogP contribution is 2.30. The third-order valence-electron chi connectivity index (χ3n) is 2.97. The second-order valence-corrected chi connectivity index (χ2v) is 5.12. The minimum Gasteiger partial charge on any atom is -0.359 e. The summed E-state index contributed by atoms with van der Waals surface area (Å²) >= 11 is 3.62. The van der Waals surface area contributed by atoms with Gasteiger partial charge in [0.25, 0.3) is 0 Å². The van der Waals surface area contributed by atoms with E-state index in [0.717, 1.165) is 4.47 Å². The summed E-state index contributed by atoms with van der Waals surface area (Å²) in [7, 11) is 1.63. The molecule has 100 valence electrons. The summed E-state index contributed by atoms with van der Waals surface area (Å²) < 4.78 is 11.6. The van der Waals surface area contributed by atoms with Gasteiger partial charge in [0.2, 0.25) is 0 Å². The largest absolute Gasteiger partial charge is 0.359 e. The Morgan fingerprint density at radius 2 is 1.68 bits per heavy atom. The predicted molar refractivity (Wildman–Crippen MR) is 80.3 cm³/mol. The lowest BCUT2D eigenvalue weighted by Crippen LogP contribution is -2.11. The molecule has 2 aromatic rings. The maximum absolute atomic E-state index is 5.57. The summed E-state index contributed by atoms with van der Waals surface area (Å²) in [6.45, 7) is 0.911. The van der Waals surface area contributed by atoms with Crippen LogP contribution in [0.1, 0.15) is 17.0 Å². The average Bonchev–Trinajstić information content (AvgIpc) is 2.46. The van der Waals surface area contributed by atoms with Crippen molar-refractivity contribution in [2.24, 2.45) is 0 Å². The molecule has 0 amide bonds. The topological polar surface area (TPSA) is 18.5 Å². The summed E-state index contributed by atoms with van der Waals surface area (Å²) in [6, 6.07) is 18.6. The third kappa shape index (κ3) is 3.90. The zero-order valence-electron chi connectivity index (χ0n) is 10.9. The van der Waals surface area contributed by atoms with E-state index in [4.69, 9.17) is 9.47 Å². The van der Waals surface area contributed by atoms with E-state index in [2.05, 4.69) is 52.3 Å². The molecule has 2 rings (SSSR count). The van der Waals surface area contributed by atoms with E-state index in [-0.39, 0.29) is 5.92 Å². The van der Waals surface area contributed by atoms with Crippen LogP contribution >= 0.6 is 15.9 Å². The molecule has 2 nitrogen and oxygen atoms in total. The van der Waals surface area contributed by atoms with Gasteiger partial charge < -0.3 is 9.47 Å². The van der Waals surface area contributed by atoms with Gasteiger partial charge in [0.15, 0.2) is 0 Å². The van der Waals surface area contributed by atoms with E-state index >= 15 is 0 Å². The van der Waals surface area contributed by atoms with E-state index in [9.17, 15) is 0 Å². The van der Waals surface area contributed by atoms with Gasteiger partial charge in [-0.3, -0.25) is 0 Å². The smallest absolute Gasteiger partial charge is 0.146 e. The standard InChI is InChI=1S/C16H17BrO2/c1-18-12-19-11-15(13-7-3-2-4-8-13)14-9-5-6-10-16(14)17/h2-10,15H,11-12H2,1H3. The van der Waals surface area contributed by atoms with Crippen LogP contribution in [-0.4, -0.2) is 20.5 Å². The second kappa shape index (κ2) is 7.43. The Kier molecular flexibility index (Phi) is 5.58. The van der Waals surface area contributed by atoms with Crippen molar-refractivity contribution in [1.82, 2.24) is 0 Å². The molecule has 1 unspecified atom stereocenters. The lowest BCUT2D eigenvalue weighted by Gasteiger charge is -2.19. The molecule has 0 heterocycles. The van der Waals surface area contributed by atoms with Gasteiger partial charge >= 0.3 is 0 Å². The molecule has 1 atom stereocenters. The van der Waals surface area contributed by atoms with E-state index < -0.39 is 0 Å². The van der Waals surface area contributed by atoms with Crippen LogP contribution in [0.5, 0.6) is 0 Å². The Morgan fingerprint density at radius 1 is 1.00 bits per heavy atom. The van der Waals surface area contributed by atoms with Crippen molar-refractivity contribution in [3.05, 3.63) is 70.2 Å². The van der Waals surface area contributed by atoms with Gasteiger partial charge in [0.1, 0.15) is 6.79 Å². The lowest BCUT2D eigenvalue weighted by atomic mass is 9.92. The molecule has 0 saturated carbocycles. The third-order valence-corrected chi connectivity index (χ3v) is 3.69. The molecule has 0 radical (unpaired) electrons. The van der Waals surface area contributed by atoms with Crippen LogP contribution in [0.3, 0.4) is 0 Å². The predicted octanol–water partition coefficient (Wildman–Crippen LogP) is 4.20. The first-order valence-electron chi connectivity index (χ1n) is 6.19. The Bertz CT molecular complexity index is 499. The van der Waals surface area contributed by atoms with Gasteiger partial charge in [-0.2, -0.15) is 0 Å². The van der Waals surface area contributed by atoms with Crippen LogP contribution in [0.25, 0.3) is 0 Å². The van der Waals surface area contributed by atoms with Gasteiger partial charge in [0.05, 0.1) is 6.61 Å². The molecular weight excluding hydrogens is 304 g/mol. The molecule has 19 heavy (non-hydrogen) atoms. The van der Waals surface area contributed by atoms with E-state index in [1.54, 1.807) is 7.11 Å². The fourth-order valence-corrected chi connectivity index (χ4v) is 2.62. The summed E-state index contributed by atoms with van der Waals surface area (Å²) in [5, 5.41) is 0. The van der Waals surface area contributed by atoms with E-state index in [1.165, 1.54) is 11.1 Å². The maximum Gasteiger partial charge on any atom is 0.146 e. The molecule has 0 aliphatic carbocycles. The van der Waals surface area contributed by atoms with Crippen LogP contribution in [0, 0.1) is 0 Å². The molecule has 0 spiro atoms. The molecule has 0 aliphatic rings. The van der Waals surface area contributed by atoms with Gasteiger partial charge in [-0.25, -0.2) is 0 Å². The second-order valence-electron chi connectivity index (χ2n) is 4.26. The lowest BCUT2D eigenvalue weighted by molar-refractivity contribution is -0.0329. The molecule has 0 N–H and O–H groups in total. The average molecular weight is 321 g/mol. The Hall–Kier alpha value is -1.16. The van der Waals surface area contributed by atoms with Crippen LogP contribution in [-0.2, 0) is 9.47 Å². The summed E-state index contributed by atoms with van der Waals surface area (Å²) in [4.78, 5) is 0. The van der Waals surface area contributed by atoms with Gasteiger partial charge in [-0.15, -0.1) is 0 Å². The number of methoxy groups -OCH3 is 1. The first-order chi connectivity index (χ1) is 9.33. The van der Waals surface area contributed by atoms with E-state index in [1.807, 2.05) is 18.2 Å². The fraction of sp³-hybridized carbons (Fsp3) is 0.250.